The molecule has 0 spiro atoms. The molecule has 2 N–H and O–H groups in total. The molecule has 6 heteroatoms. The van der Waals surface area contributed by atoms with E-state index in [1.807, 2.05) is 0 Å². The summed E-state index contributed by atoms with van der Waals surface area (Å²) in [6, 6.07) is 2.61. The normalized spacial score (nSPS) is 8.67. The average Bonchev–Trinajstić information content (AvgIpc) is 2.63. The summed E-state index contributed by atoms with van der Waals surface area (Å²) >= 11 is 0. The zero-order valence-corrected chi connectivity index (χ0v) is 5.94. The SMILES string of the molecule is O=c1cco[nH]1.O=c1cco[nH]1. The molecule has 12 heavy (non-hydrogen) atoms. The number of H-pyrrole nitrogens is 2. The standard InChI is InChI=1S/2C3H3NO2/c2*5-3-1-2-6-4-3/h2*1-2H,(H,4,5). The molecule has 64 valence electrons. The Balaban J connectivity index is 0.000000120. The van der Waals surface area contributed by atoms with Crippen molar-refractivity contribution in [3.63, 3.8) is 0 Å². The fourth-order valence-corrected chi connectivity index (χ4v) is 0.444. The van der Waals surface area contributed by atoms with E-state index in [1.165, 1.54) is 24.7 Å². The highest BCUT2D eigenvalue weighted by Crippen LogP contribution is 1.63. The molecule has 2 rings (SSSR count). The van der Waals surface area contributed by atoms with E-state index in [9.17, 15) is 9.59 Å². The number of hydrogen-bond acceptors (Lipinski definition) is 4. The molecular weight excluding hydrogens is 164 g/mol. The van der Waals surface area contributed by atoms with E-state index in [4.69, 9.17) is 0 Å². The van der Waals surface area contributed by atoms with Crippen LogP contribution in [0.4, 0.5) is 0 Å². The monoisotopic (exact) mass is 170 g/mol. The minimum Gasteiger partial charge on any atom is -0.387 e. The predicted molar refractivity (Wildman–Crippen MR) is 38.7 cm³/mol. The van der Waals surface area contributed by atoms with Crippen LogP contribution >= 0.6 is 0 Å². The minimum atomic E-state index is -0.199. The number of nitrogens with one attached hydrogen (secondary N) is 2. The molecule has 0 atom stereocenters. The first kappa shape index (κ1) is 8.12. The first-order chi connectivity index (χ1) is 5.79. The summed E-state index contributed by atoms with van der Waals surface area (Å²) in [7, 11) is 0. The largest absolute Gasteiger partial charge is 0.387 e. The Labute approximate surface area is 65.7 Å². The van der Waals surface area contributed by atoms with Crippen LogP contribution < -0.4 is 11.1 Å². The molecule has 0 aliphatic rings. The smallest absolute Gasteiger partial charge is 0.279 e. The summed E-state index contributed by atoms with van der Waals surface area (Å²) in [5, 5.41) is 4.14. The first-order valence-electron chi connectivity index (χ1n) is 3.03. The molecule has 0 bridgehead atoms. The van der Waals surface area contributed by atoms with Crippen molar-refractivity contribution in [2.24, 2.45) is 0 Å². The summed E-state index contributed by atoms with van der Waals surface area (Å²) in [6.07, 6.45) is 2.59. The second kappa shape index (κ2) is 4.02. The van der Waals surface area contributed by atoms with Crippen molar-refractivity contribution in [2.75, 3.05) is 0 Å². The van der Waals surface area contributed by atoms with Crippen LogP contribution in [-0.4, -0.2) is 10.3 Å². The summed E-state index contributed by atoms with van der Waals surface area (Å²) in [6.45, 7) is 0. The third-order valence-corrected chi connectivity index (χ3v) is 0.894. The maximum Gasteiger partial charge on any atom is 0.279 e. The number of rotatable bonds is 0. The summed E-state index contributed by atoms with van der Waals surface area (Å²) in [4.78, 5) is 19.8. The van der Waals surface area contributed by atoms with Gasteiger partial charge in [0.05, 0.1) is 0 Å². The minimum absolute atomic E-state index is 0.199. The van der Waals surface area contributed by atoms with E-state index >= 15 is 0 Å². The fraction of sp³-hybridized carbons (Fsp3) is 0. The summed E-state index contributed by atoms with van der Waals surface area (Å²) in [5.74, 6) is 0. The Kier molecular flexibility index (Phi) is 2.72. The predicted octanol–water partition coefficient (Wildman–Crippen LogP) is -0.0642. The highest BCUT2D eigenvalue weighted by molar-refractivity contribution is 4.71. The van der Waals surface area contributed by atoms with Gasteiger partial charge < -0.3 is 9.05 Å². The van der Waals surface area contributed by atoms with Crippen LogP contribution in [0.1, 0.15) is 0 Å². The Hall–Kier alpha value is -1.98. The quantitative estimate of drug-likeness (QED) is 0.579. The Bertz CT molecular complexity index is 333. The molecule has 2 aromatic rings. The maximum absolute atomic E-state index is 9.92. The van der Waals surface area contributed by atoms with Crippen LogP contribution in [0.25, 0.3) is 0 Å². The second-order valence-electron chi connectivity index (χ2n) is 1.77. The summed E-state index contributed by atoms with van der Waals surface area (Å²) in [5.41, 5.74) is -0.398. The van der Waals surface area contributed by atoms with Gasteiger partial charge in [0.2, 0.25) is 0 Å². The van der Waals surface area contributed by atoms with Crippen molar-refractivity contribution in [3.8, 4) is 0 Å². The third kappa shape index (κ3) is 2.74. The number of aromatic amines is 2. The topological polar surface area (TPSA) is 92.0 Å². The molecule has 0 saturated heterocycles. The van der Waals surface area contributed by atoms with Crippen LogP contribution in [0, 0.1) is 0 Å². The van der Waals surface area contributed by atoms with Gasteiger partial charge in [-0.25, -0.2) is 0 Å². The van der Waals surface area contributed by atoms with Crippen LogP contribution in [-0.2, 0) is 0 Å². The van der Waals surface area contributed by atoms with Gasteiger partial charge in [-0.3, -0.25) is 9.59 Å². The maximum atomic E-state index is 9.92. The molecule has 0 unspecified atom stereocenters. The third-order valence-electron chi connectivity index (χ3n) is 0.894. The molecule has 6 nitrogen and oxygen atoms in total. The van der Waals surface area contributed by atoms with Gasteiger partial charge in [-0.05, 0) is 0 Å². The van der Waals surface area contributed by atoms with Crippen molar-refractivity contribution in [3.05, 3.63) is 45.4 Å². The lowest BCUT2D eigenvalue weighted by atomic mass is 10.8. The summed E-state index contributed by atoms with van der Waals surface area (Å²) < 4.78 is 8.55. The molecule has 0 aliphatic heterocycles. The molecule has 0 aliphatic carbocycles. The molecule has 2 heterocycles. The van der Waals surface area contributed by atoms with Crippen LogP contribution in [0.5, 0.6) is 0 Å². The van der Waals surface area contributed by atoms with Crippen molar-refractivity contribution < 1.29 is 9.05 Å². The van der Waals surface area contributed by atoms with E-state index in [0.717, 1.165) is 0 Å². The van der Waals surface area contributed by atoms with E-state index in [2.05, 4.69) is 19.4 Å². The number of hydrogen-bond donors (Lipinski definition) is 2. The first-order valence-corrected chi connectivity index (χ1v) is 3.03. The van der Waals surface area contributed by atoms with Crippen LogP contribution in [0.2, 0.25) is 0 Å². The van der Waals surface area contributed by atoms with Crippen LogP contribution in [0.3, 0.4) is 0 Å². The lowest BCUT2D eigenvalue weighted by Gasteiger charge is -1.54. The molecule has 2 aromatic heterocycles. The van der Waals surface area contributed by atoms with Gasteiger partial charge >= 0.3 is 0 Å². The van der Waals surface area contributed by atoms with E-state index in [0.29, 0.717) is 0 Å². The number of aromatic nitrogens is 2. The molecular formula is C6H6N2O4. The Morgan fingerprint density at radius 3 is 1.42 bits per heavy atom. The van der Waals surface area contributed by atoms with Crippen LogP contribution in [0.15, 0.2) is 43.3 Å². The van der Waals surface area contributed by atoms with Gasteiger partial charge in [0.15, 0.2) is 0 Å². The zero-order chi connectivity index (χ0) is 8.81. The van der Waals surface area contributed by atoms with E-state index in [1.54, 1.807) is 0 Å². The van der Waals surface area contributed by atoms with E-state index < -0.39 is 0 Å². The van der Waals surface area contributed by atoms with Gasteiger partial charge in [0.25, 0.3) is 11.1 Å². The molecule has 0 saturated carbocycles. The molecule has 0 fully saturated rings. The van der Waals surface area contributed by atoms with Crippen molar-refractivity contribution >= 4 is 0 Å². The van der Waals surface area contributed by atoms with Gasteiger partial charge in [0, 0.05) is 12.1 Å². The van der Waals surface area contributed by atoms with Gasteiger partial charge in [-0.1, -0.05) is 0 Å². The molecule has 0 radical (unpaired) electrons. The Morgan fingerprint density at radius 2 is 1.33 bits per heavy atom. The zero-order valence-electron chi connectivity index (χ0n) is 5.94. The molecule has 0 amide bonds. The lowest BCUT2D eigenvalue weighted by molar-refractivity contribution is 0.413. The van der Waals surface area contributed by atoms with Gasteiger partial charge in [-0.15, -0.1) is 0 Å². The fourth-order valence-electron chi connectivity index (χ4n) is 0.444. The average molecular weight is 170 g/mol. The molecule has 0 aromatic carbocycles. The lowest BCUT2D eigenvalue weighted by Crippen LogP contribution is -1.91. The second-order valence-corrected chi connectivity index (χ2v) is 1.77. The Morgan fingerprint density at radius 1 is 0.917 bits per heavy atom. The highest BCUT2D eigenvalue weighted by Gasteiger charge is 1.73. The van der Waals surface area contributed by atoms with Gasteiger partial charge in [-0.2, -0.15) is 10.3 Å². The van der Waals surface area contributed by atoms with Crippen molar-refractivity contribution in [1.82, 2.24) is 10.3 Å². The van der Waals surface area contributed by atoms with Gasteiger partial charge in [0.1, 0.15) is 12.5 Å². The van der Waals surface area contributed by atoms with Crippen molar-refractivity contribution in [2.45, 2.75) is 0 Å². The highest BCUT2D eigenvalue weighted by atomic mass is 16.5. The van der Waals surface area contributed by atoms with E-state index in [-0.39, 0.29) is 11.1 Å². The van der Waals surface area contributed by atoms with Crippen molar-refractivity contribution in [1.29, 1.82) is 0 Å².